The molecule has 0 bridgehead atoms. The van der Waals surface area contributed by atoms with Crippen LogP contribution in [0.15, 0.2) is 36.4 Å². The molecule has 1 aliphatic rings. The third kappa shape index (κ3) is 2.19. The van der Waals surface area contributed by atoms with Crippen LogP contribution in [-0.2, 0) is 6.54 Å². The number of imidazole rings is 1. The number of H-pyrrole nitrogens is 1. The SMILES string of the molecule is N#Cc1cccc(CNc2nc3cc4c(cc3[nH]2)OCO4)c1. The molecule has 0 fully saturated rings. The molecule has 6 nitrogen and oxygen atoms in total. The summed E-state index contributed by atoms with van der Waals surface area (Å²) in [7, 11) is 0. The summed E-state index contributed by atoms with van der Waals surface area (Å²) in [5, 5.41) is 12.1. The normalized spacial score (nSPS) is 12.3. The van der Waals surface area contributed by atoms with Crippen LogP contribution in [-0.4, -0.2) is 16.8 Å². The number of ether oxygens (including phenoxy) is 2. The standard InChI is InChI=1S/C16H12N4O2/c17-7-10-2-1-3-11(4-10)8-18-16-19-12-5-14-15(22-9-21-14)6-13(12)20-16/h1-6H,8-9H2,(H2,18,19,20). The largest absolute Gasteiger partial charge is 0.454 e. The third-order valence-electron chi connectivity index (χ3n) is 3.49. The lowest BCUT2D eigenvalue weighted by atomic mass is 10.1. The van der Waals surface area contributed by atoms with Crippen molar-refractivity contribution in [3.05, 3.63) is 47.5 Å². The lowest BCUT2D eigenvalue weighted by molar-refractivity contribution is 0.174. The van der Waals surface area contributed by atoms with E-state index in [0.29, 0.717) is 23.8 Å². The zero-order valence-corrected chi connectivity index (χ0v) is 11.6. The Morgan fingerprint density at radius 3 is 2.95 bits per heavy atom. The van der Waals surface area contributed by atoms with Crippen LogP contribution in [0, 0.1) is 11.3 Å². The minimum Gasteiger partial charge on any atom is -0.454 e. The maximum atomic E-state index is 8.91. The number of nitriles is 1. The lowest BCUT2D eigenvalue weighted by Gasteiger charge is -2.03. The highest BCUT2D eigenvalue weighted by molar-refractivity contribution is 5.81. The van der Waals surface area contributed by atoms with Crippen molar-refractivity contribution in [1.82, 2.24) is 9.97 Å². The molecular formula is C16H12N4O2. The van der Waals surface area contributed by atoms with Crippen molar-refractivity contribution >= 4 is 17.0 Å². The molecule has 0 saturated heterocycles. The molecule has 6 heteroatoms. The summed E-state index contributed by atoms with van der Waals surface area (Å²) < 4.78 is 10.7. The Hall–Kier alpha value is -3.20. The lowest BCUT2D eigenvalue weighted by Crippen LogP contribution is -2.00. The molecule has 1 aliphatic heterocycles. The predicted molar refractivity (Wildman–Crippen MR) is 80.7 cm³/mol. The van der Waals surface area contributed by atoms with Gasteiger partial charge in [0.15, 0.2) is 11.5 Å². The first-order valence-corrected chi connectivity index (χ1v) is 6.84. The van der Waals surface area contributed by atoms with Gasteiger partial charge in [-0.15, -0.1) is 0 Å². The molecule has 0 unspecified atom stereocenters. The van der Waals surface area contributed by atoms with Gasteiger partial charge in [0.1, 0.15) is 0 Å². The van der Waals surface area contributed by atoms with Crippen LogP contribution in [0.5, 0.6) is 11.5 Å². The quantitative estimate of drug-likeness (QED) is 0.775. The summed E-state index contributed by atoms with van der Waals surface area (Å²) in [4.78, 5) is 7.68. The molecule has 0 aliphatic carbocycles. The van der Waals surface area contributed by atoms with Gasteiger partial charge >= 0.3 is 0 Å². The first-order valence-electron chi connectivity index (χ1n) is 6.84. The predicted octanol–water partition coefficient (Wildman–Crippen LogP) is 2.78. The minimum atomic E-state index is 0.252. The van der Waals surface area contributed by atoms with Crippen molar-refractivity contribution in [2.45, 2.75) is 6.54 Å². The number of benzene rings is 2. The van der Waals surface area contributed by atoms with E-state index in [2.05, 4.69) is 21.4 Å². The number of hydrogen-bond donors (Lipinski definition) is 2. The van der Waals surface area contributed by atoms with Crippen LogP contribution < -0.4 is 14.8 Å². The van der Waals surface area contributed by atoms with Crippen LogP contribution in [0.3, 0.4) is 0 Å². The second-order valence-corrected chi connectivity index (χ2v) is 4.97. The van der Waals surface area contributed by atoms with E-state index in [9.17, 15) is 0 Å². The Labute approximate surface area is 126 Å². The van der Waals surface area contributed by atoms with Crippen LogP contribution in [0.2, 0.25) is 0 Å². The molecule has 0 spiro atoms. The molecular weight excluding hydrogens is 280 g/mol. The summed E-state index contributed by atoms with van der Waals surface area (Å²) in [6.07, 6.45) is 0. The van der Waals surface area contributed by atoms with E-state index >= 15 is 0 Å². The van der Waals surface area contributed by atoms with Gasteiger partial charge in [0.25, 0.3) is 0 Å². The first kappa shape index (κ1) is 12.5. The van der Waals surface area contributed by atoms with E-state index in [1.54, 1.807) is 6.07 Å². The summed E-state index contributed by atoms with van der Waals surface area (Å²) in [6.45, 7) is 0.838. The number of fused-ring (bicyclic) bond motifs is 2. The van der Waals surface area contributed by atoms with Crippen molar-refractivity contribution in [2.24, 2.45) is 0 Å². The third-order valence-corrected chi connectivity index (χ3v) is 3.49. The second-order valence-electron chi connectivity index (χ2n) is 4.97. The van der Waals surface area contributed by atoms with Crippen molar-refractivity contribution in [2.75, 3.05) is 12.1 Å². The number of aromatic amines is 1. The van der Waals surface area contributed by atoms with E-state index in [4.69, 9.17) is 14.7 Å². The van der Waals surface area contributed by atoms with Gasteiger partial charge in [-0.3, -0.25) is 0 Å². The maximum absolute atomic E-state index is 8.91. The van der Waals surface area contributed by atoms with E-state index in [1.165, 1.54) is 0 Å². The van der Waals surface area contributed by atoms with Crippen molar-refractivity contribution < 1.29 is 9.47 Å². The molecule has 108 valence electrons. The first-order chi connectivity index (χ1) is 10.8. The average Bonchev–Trinajstić information content (AvgIpc) is 3.15. The Kier molecular flexibility index (Phi) is 2.83. The zero-order chi connectivity index (χ0) is 14.9. The summed E-state index contributed by atoms with van der Waals surface area (Å²) in [6, 6.07) is 13.3. The molecule has 3 aromatic rings. The number of hydrogen-bond acceptors (Lipinski definition) is 5. The number of nitrogens with zero attached hydrogens (tertiary/aromatic N) is 2. The fraction of sp³-hybridized carbons (Fsp3) is 0.125. The Bertz CT molecular complexity index is 854. The maximum Gasteiger partial charge on any atom is 0.231 e. The molecule has 0 amide bonds. The Balaban J connectivity index is 1.56. The Morgan fingerprint density at radius 2 is 2.09 bits per heavy atom. The van der Waals surface area contributed by atoms with Gasteiger partial charge in [-0.1, -0.05) is 12.1 Å². The fourth-order valence-corrected chi connectivity index (χ4v) is 2.42. The molecule has 2 heterocycles. The van der Waals surface area contributed by atoms with Crippen LogP contribution in [0.1, 0.15) is 11.1 Å². The van der Waals surface area contributed by atoms with Gasteiger partial charge in [0, 0.05) is 18.7 Å². The van der Waals surface area contributed by atoms with Gasteiger partial charge in [-0.05, 0) is 17.7 Å². The molecule has 0 atom stereocenters. The molecule has 0 saturated carbocycles. The molecule has 4 rings (SSSR count). The molecule has 2 aromatic carbocycles. The van der Waals surface area contributed by atoms with Gasteiger partial charge in [-0.2, -0.15) is 5.26 Å². The zero-order valence-electron chi connectivity index (χ0n) is 11.6. The number of anilines is 1. The van der Waals surface area contributed by atoms with E-state index in [0.717, 1.165) is 22.3 Å². The highest BCUT2D eigenvalue weighted by Crippen LogP contribution is 2.35. The number of nitrogens with one attached hydrogen (secondary N) is 2. The van der Waals surface area contributed by atoms with Gasteiger partial charge < -0.3 is 19.8 Å². The summed E-state index contributed by atoms with van der Waals surface area (Å²) in [5.74, 6) is 2.11. The van der Waals surface area contributed by atoms with Crippen molar-refractivity contribution in [3.63, 3.8) is 0 Å². The summed E-state index contributed by atoms with van der Waals surface area (Å²) in [5.41, 5.74) is 3.37. The van der Waals surface area contributed by atoms with E-state index in [1.807, 2.05) is 30.3 Å². The summed E-state index contributed by atoms with van der Waals surface area (Å²) >= 11 is 0. The van der Waals surface area contributed by atoms with Gasteiger partial charge in [0.05, 0.1) is 22.7 Å². The fourth-order valence-electron chi connectivity index (χ4n) is 2.42. The number of rotatable bonds is 3. The highest BCUT2D eigenvalue weighted by Gasteiger charge is 2.16. The topological polar surface area (TPSA) is 83.0 Å². The molecule has 0 radical (unpaired) electrons. The van der Waals surface area contributed by atoms with Gasteiger partial charge in [-0.25, -0.2) is 4.98 Å². The van der Waals surface area contributed by atoms with Crippen LogP contribution in [0.4, 0.5) is 5.95 Å². The van der Waals surface area contributed by atoms with Crippen molar-refractivity contribution in [3.8, 4) is 17.6 Å². The van der Waals surface area contributed by atoms with Gasteiger partial charge in [0.2, 0.25) is 12.7 Å². The van der Waals surface area contributed by atoms with Crippen LogP contribution in [0.25, 0.3) is 11.0 Å². The average molecular weight is 292 g/mol. The second kappa shape index (κ2) is 4.97. The van der Waals surface area contributed by atoms with E-state index < -0.39 is 0 Å². The minimum absolute atomic E-state index is 0.252. The smallest absolute Gasteiger partial charge is 0.231 e. The number of aromatic nitrogens is 2. The molecule has 1 aromatic heterocycles. The molecule has 2 N–H and O–H groups in total. The Morgan fingerprint density at radius 1 is 1.23 bits per heavy atom. The highest BCUT2D eigenvalue weighted by atomic mass is 16.7. The molecule has 22 heavy (non-hydrogen) atoms. The van der Waals surface area contributed by atoms with E-state index in [-0.39, 0.29) is 6.79 Å². The van der Waals surface area contributed by atoms with Crippen LogP contribution >= 0.6 is 0 Å². The monoisotopic (exact) mass is 292 g/mol. The van der Waals surface area contributed by atoms with Crippen molar-refractivity contribution in [1.29, 1.82) is 5.26 Å².